The van der Waals surface area contributed by atoms with Crippen LogP contribution < -0.4 is 10.4 Å². The Bertz CT molecular complexity index is 682. The van der Waals surface area contributed by atoms with Gasteiger partial charge >= 0.3 is 0 Å². The molecule has 0 bridgehead atoms. The maximum atomic E-state index is 6.96. The second-order valence-corrected chi connectivity index (χ2v) is 12.8. The summed E-state index contributed by atoms with van der Waals surface area (Å²) in [5.41, 5.74) is 0. The van der Waals surface area contributed by atoms with E-state index in [-0.39, 0.29) is 11.1 Å². The summed E-state index contributed by atoms with van der Waals surface area (Å²) >= 11 is 0. The van der Waals surface area contributed by atoms with Gasteiger partial charge in [-0.2, -0.15) is 0 Å². The Morgan fingerprint density at radius 3 is 1.96 bits per heavy atom. The lowest BCUT2D eigenvalue weighted by molar-refractivity contribution is 0.0174. The fourth-order valence-corrected chi connectivity index (χ4v) is 8.83. The standard InChI is InChI=1S/C24H32O2Si/c1-5-12-20-17-18-21(26-20)19-25-27(24(2,3)4,22-13-8-6-9-14-22)23-15-10-7-11-16-23/h5-11,13-16,20-21H,1,12,17-19H2,2-4H3/t20-,21-/m0/s1. The first kappa shape index (κ1) is 20.1. The summed E-state index contributed by atoms with van der Waals surface area (Å²) in [4.78, 5) is 0. The van der Waals surface area contributed by atoms with Gasteiger partial charge in [-0.25, -0.2) is 0 Å². The topological polar surface area (TPSA) is 18.5 Å². The van der Waals surface area contributed by atoms with E-state index < -0.39 is 8.32 Å². The molecule has 0 saturated carbocycles. The molecule has 2 atom stereocenters. The van der Waals surface area contributed by atoms with Crippen LogP contribution in [-0.2, 0) is 9.16 Å². The third kappa shape index (κ3) is 4.26. The molecule has 2 aromatic carbocycles. The molecule has 1 aliphatic rings. The van der Waals surface area contributed by atoms with Gasteiger partial charge in [0.25, 0.3) is 8.32 Å². The third-order valence-electron chi connectivity index (χ3n) is 5.53. The lowest BCUT2D eigenvalue weighted by atomic mass is 10.1. The number of benzene rings is 2. The zero-order chi connectivity index (χ0) is 19.3. The number of rotatable bonds is 7. The molecule has 1 saturated heterocycles. The van der Waals surface area contributed by atoms with E-state index in [1.165, 1.54) is 10.4 Å². The first-order chi connectivity index (χ1) is 13.0. The molecule has 2 nitrogen and oxygen atoms in total. The van der Waals surface area contributed by atoms with Gasteiger partial charge in [0.15, 0.2) is 0 Å². The van der Waals surface area contributed by atoms with Crippen molar-refractivity contribution in [3.8, 4) is 0 Å². The van der Waals surface area contributed by atoms with Crippen LogP contribution in [0.3, 0.4) is 0 Å². The summed E-state index contributed by atoms with van der Waals surface area (Å²) in [6.45, 7) is 11.4. The van der Waals surface area contributed by atoms with E-state index in [0.717, 1.165) is 19.3 Å². The average Bonchev–Trinajstić information content (AvgIpc) is 3.11. The van der Waals surface area contributed by atoms with Gasteiger partial charge in [0.1, 0.15) is 0 Å². The zero-order valence-electron chi connectivity index (χ0n) is 16.9. The summed E-state index contributed by atoms with van der Waals surface area (Å²) < 4.78 is 13.2. The van der Waals surface area contributed by atoms with Crippen LogP contribution >= 0.6 is 0 Å². The quantitative estimate of drug-likeness (QED) is 0.513. The predicted molar refractivity (Wildman–Crippen MR) is 116 cm³/mol. The molecular weight excluding hydrogens is 348 g/mol. The van der Waals surface area contributed by atoms with E-state index >= 15 is 0 Å². The Balaban J connectivity index is 1.94. The summed E-state index contributed by atoms with van der Waals surface area (Å²) in [5, 5.41) is 2.66. The molecule has 0 amide bonds. The molecule has 0 radical (unpaired) electrons. The number of ether oxygens (including phenoxy) is 1. The number of hydrogen-bond acceptors (Lipinski definition) is 2. The summed E-state index contributed by atoms with van der Waals surface area (Å²) in [6, 6.07) is 21.6. The van der Waals surface area contributed by atoms with Crippen molar-refractivity contribution in [2.24, 2.45) is 0 Å². The van der Waals surface area contributed by atoms with Crippen LogP contribution in [0, 0.1) is 0 Å². The molecule has 0 unspecified atom stereocenters. The molecule has 2 aromatic rings. The zero-order valence-corrected chi connectivity index (χ0v) is 17.9. The Kier molecular flexibility index (Phi) is 6.35. The highest BCUT2D eigenvalue weighted by atomic mass is 28.4. The fourth-order valence-electron chi connectivity index (χ4n) is 4.24. The molecule has 1 aliphatic heterocycles. The monoisotopic (exact) mass is 380 g/mol. The van der Waals surface area contributed by atoms with E-state index in [0.29, 0.717) is 12.7 Å². The van der Waals surface area contributed by atoms with Crippen LogP contribution in [0.4, 0.5) is 0 Å². The molecular formula is C24H32O2Si. The van der Waals surface area contributed by atoms with Gasteiger partial charge in [-0.1, -0.05) is 87.5 Å². The molecule has 144 valence electrons. The normalized spacial score (nSPS) is 20.6. The summed E-state index contributed by atoms with van der Waals surface area (Å²) in [5.74, 6) is 0. The average molecular weight is 381 g/mol. The largest absolute Gasteiger partial charge is 0.405 e. The highest BCUT2D eigenvalue weighted by Crippen LogP contribution is 2.37. The molecule has 27 heavy (non-hydrogen) atoms. The lowest BCUT2D eigenvalue weighted by Gasteiger charge is -2.43. The van der Waals surface area contributed by atoms with Crippen LogP contribution in [0.1, 0.15) is 40.0 Å². The van der Waals surface area contributed by atoms with Gasteiger partial charge in [-0.15, -0.1) is 6.58 Å². The molecule has 0 aromatic heterocycles. The summed E-state index contributed by atoms with van der Waals surface area (Å²) in [6.07, 6.45) is 5.52. The lowest BCUT2D eigenvalue weighted by Crippen LogP contribution is -2.67. The van der Waals surface area contributed by atoms with Gasteiger partial charge in [0.2, 0.25) is 0 Å². The van der Waals surface area contributed by atoms with Crippen molar-refractivity contribution >= 4 is 18.7 Å². The maximum absolute atomic E-state index is 6.96. The van der Waals surface area contributed by atoms with E-state index in [4.69, 9.17) is 9.16 Å². The molecule has 1 fully saturated rings. The molecule has 0 N–H and O–H groups in total. The minimum atomic E-state index is -2.46. The predicted octanol–water partition coefficient (Wildman–Crippen LogP) is 4.69. The SMILES string of the molecule is C=CC[C@H]1CC[C@@H](CO[Si](c2ccccc2)(c2ccccc2)C(C)(C)C)O1. The fraction of sp³-hybridized carbons (Fsp3) is 0.417. The second-order valence-electron chi connectivity index (χ2n) is 8.46. The first-order valence-corrected chi connectivity index (χ1v) is 11.9. The van der Waals surface area contributed by atoms with E-state index in [1.54, 1.807) is 0 Å². The Morgan fingerprint density at radius 1 is 0.963 bits per heavy atom. The highest BCUT2D eigenvalue weighted by Gasteiger charge is 2.50. The van der Waals surface area contributed by atoms with Crippen molar-refractivity contribution in [2.75, 3.05) is 6.61 Å². The minimum absolute atomic E-state index is 0.00876. The van der Waals surface area contributed by atoms with E-state index in [1.807, 2.05) is 6.08 Å². The molecule has 0 aliphatic carbocycles. The second kappa shape index (κ2) is 8.55. The maximum Gasteiger partial charge on any atom is 0.261 e. The molecule has 3 heteroatoms. The van der Waals surface area contributed by atoms with Gasteiger partial charge in [0.05, 0.1) is 18.8 Å². The Hall–Kier alpha value is -1.68. The molecule has 0 spiro atoms. The van der Waals surface area contributed by atoms with Gasteiger partial charge in [0, 0.05) is 0 Å². The van der Waals surface area contributed by atoms with Crippen molar-refractivity contribution in [2.45, 2.75) is 57.3 Å². The van der Waals surface area contributed by atoms with Crippen LogP contribution in [0.2, 0.25) is 5.04 Å². The molecule has 3 rings (SSSR count). The van der Waals surface area contributed by atoms with Crippen molar-refractivity contribution < 1.29 is 9.16 Å². The summed E-state index contributed by atoms with van der Waals surface area (Å²) in [7, 11) is -2.46. The van der Waals surface area contributed by atoms with E-state index in [9.17, 15) is 0 Å². The Morgan fingerprint density at radius 2 is 1.48 bits per heavy atom. The van der Waals surface area contributed by atoms with Crippen LogP contribution in [0.5, 0.6) is 0 Å². The van der Waals surface area contributed by atoms with Crippen molar-refractivity contribution in [3.63, 3.8) is 0 Å². The van der Waals surface area contributed by atoms with Crippen LogP contribution in [-0.4, -0.2) is 27.1 Å². The van der Waals surface area contributed by atoms with Crippen LogP contribution in [0.25, 0.3) is 0 Å². The van der Waals surface area contributed by atoms with Gasteiger partial charge in [-0.05, 0) is 34.7 Å². The smallest absolute Gasteiger partial charge is 0.261 e. The third-order valence-corrected chi connectivity index (χ3v) is 10.5. The number of hydrogen-bond donors (Lipinski definition) is 0. The Labute approximate surface area is 165 Å². The van der Waals surface area contributed by atoms with Gasteiger partial charge < -0.3 is 9.16 Å². The molecule has 1 heterocycles. The van der Waals surface area contributed by atoms with Gasteiger partial charge in [-0.3, -0.25) is 0 Å². The highest BCUT2D eigenvalue weighted by molar-refractivity contribution is 6.99. The van der Waals surface area contributed by atoms with Crippen LogP contribution in [0.15, 0.2) is 73.3 Å². The van der Waals surface area contributed by atoms with Crippen molar-refractivity contribution in [1.82, 2.24) is 0 Å². The first-order valence-electron chi connectivity index (χ1n) is 9.99. The minimum Gasteiger partial charge on any atom is -0.405 e. The van der Waals surface area contributed by atoms with Crippen molar-refractivity contribution in [1.29, 1.82) is 0 Å². The van der Waals surface area contributed by atoms with E-state index in [2.05, 4.69) is 88.0 Å². The van der Waals surface area contributed by atoms with Crippen molar-refractivity contribution in [3.05, 3.63) is 73.3 Å².